The second-order valence-electron chi connectivity index (χ2n) is 2.66. The Bertz CT molecular complexity index is 62.6. The molecule has 58 valence electrons. The van der Waals surface area contributed by atoms with Crippen molar-refractivity contribution in [3.8, 4) is 0 Å². The molecule has 1 atom stereocenters. The van der Waals surface area contributed by atoms with Crippen molar-refractivity contribution in [1.29, 1.82) is 0 Å². The molecule has 0 aliphatic heterocycles. The maximum absolute atomic E-state index is 3.24. The van der Waals surface area contributed by atoms with E-state index in [1.54, 1.807) is 0 Å². The van der Waals surface area contributed by atoms with Crippen LogP contribution in [0.5, 0.6) is 0 Å². The molecule has 0 aliphatic rings. The van der Waals surface area contributed by atoms with Gasteiger partial charge in [0.1, 0.15) is 0 Å². The van der Waals surface area contributed by atoms with Crippen LogP contribution in [0.15, 0.2) is 0 Å². The van der Waals surface area contributed by atoms with Crippen LogP contribution in [0.4, 0.5) is 0 Å². The standard InChI is InChI=1S/C7H18N2.H2/c1-5-7(8-2)6-9(3)4;/h7-8H,5-6H2,1-4H3;1H/t7-;/m0./s1. The fourth-order valence-electron chi connectivity index (χ4n) is 0.865. The quantitative estimate of drug-likeness (QED) is 0.608. The molecule has 0 saturated heterocycles. The van der Waals surface area contributed by atoms with Crippen LogP contribution < -0.4 is 5.32 Å². The molecule has 0 saturated carbocycles. The van der Waals surface area contributed by atoms with Crippen molar-refractivity contribution in [1.82, 2.24) is 10.2 Å². The van der Waals surface area contributed by atoms with Crippen molar-refractivity contribution < 1.29 is 1.43 Å². The van der Waals surface area contributed by atoms with E-state index in [9.17, 15) is 0 Å². The summed E-state index contributed by atoms with van der Waals surface area (Å²) in [5, 5.41) is 3.24. The van der Waals surface area contributed by atoms with Crippen LogP contribution in [-0.2, 0) is 0 Å². The van der Waals surface area contributed by atoms with Gasteiger partial charge >= 0.3 is 0 Å². The Morgan fingerprint density at radius 1 is 1.56 bits per heavy atom. The van der Waals surface area contributed by atoms with E-state index in [2.05, 4.69) is 31.2 Å². The first-order chi connectivity index (χ1) is 4.20. The second kappa shape index (κ2) is 4.77. The fourth-order valence-corrected chi connectivity index (χ4v) is 0.865. The van der Waals surface area contributed by atoms with Crippen molar-refractivity contribution in [2.45, 2.75) is 19.4 Å². The maximum atomic E-state index is 3.24. The van der Waals surface area contributed by atoms with E-state index < -0.39 is 0 Å². The first-order valence-electron chi connectivity index (χ1n) is 3.52. The van der Waals surface area contributed by atoms with Gasteiger partial charge in [0.2, 0.25) is 0 Å². The minimum atomic E-state index is 0. The van der Waals surface area contributed by atoms with Crippen LogP contribution in [0.25, 0.3) is 0 Å². The molecule has 9 heavy (non-hydrogen) atoms. The lowest BCUT2D eigenvalue weighted by atomic mass is 10.2. The van der Waals surface area contributed by atoms with Gasteiger partial charge in [0, 0.05) is 14.0 Å². The lowest BCUT2D eigenvalue weighted by Crippen LogP contribution is -2.35. The van der Waals surface area contributed by atoms with Gasteiger partial charge < -0.3 is 10.2 Å². The van der Waals surface area contributed by atoms with E-state index in [0.717, 1.165) is 6.54 Å². The minimum Gasteiger partial charge on any atom is -0.316 e. The van der Waals surface area contributed by atoms with E-state index in [-0.39, 0.29) is 1.43 Å². The van der Waals surface area contributed by atoms with Crippen molar-refractivity contribution in [2.24, 2.45) is 0 Å². The second-order valence-corrected chi connectivity index (χ2v) is 2.66. The number of rotatable bonds is 4. The van der Waals surface area contributed by atoms with E-state index in [1.807, 2.05) is 7.05 Å². The molecule has 0 spiro atoms. The van der Waals surface area contributed by atoms with Crippen molar-refractivity contribution in [3.63, 3.8) is 0 Å². The van der Waals surface area contributed by atoms with Gasteiger partial charge in [-0.25, -0.2) is 0 Å². The first kappa shape index (κ1) is 8.92. The first-order valence-corrected chi connectivity index (χ1v) is 3.52. The van der Waals surface area contributed by atoms with Gasteiger partial charge in [-0.15, -0.1) is 0 Å². The number of likely N-dealkylation sites (N-methyl/N-ethyl adjacent to an activating group) is 2. The third-order valence-electron chi connectivity index (χ3n) is 1.49. The highest BCUT2D eigenvalue weighted by atomic mass is 15.1. The molecule has 0 radical (unpaired) electrons. The molecular weight excluding hydrogens is 112 g/mol. The topological polar surface area (TPSA) is 15.3 Å². The number of nitrogens with zero attached hydrogens (tertiary/aromatic N) is 1. The SMILES string of the molecule is CC[C@@H](CN(C)C)NC.[HH]. The smallest absolute Gasteiger partial charge is 0.0189 e. The molecule has 0 unspecified atom stereocenters. The molecule has 2 heteroatoms. The summed E-state index contributed by atoms with van der Waals surface area (Å²) in [6.45, 7) is 3.33. The van der Waals surface area contributed by atoms with E-state index in [0.29, 0.717) is 6.04 Å². The molecule has 0 aliphatic carbocycles. The molecule has 0 rings (SSSR count). The minimum absolute atomic E-state index is 0. The molecule has 1 N–H and O–H groups in total. The Morgan fingerprint density at radius 3 is 2.22 bits per heavy atom. The van der Waals surface area contributed by atoms with E-state index in [4.69, 9.17) is 0 Å². The van der Waals surface area contributed by atoms with Crippen LogP contribution in [0, 0.1) is 0 Å². The van der Waals surface area contributed by atoms with Gasteiger partial charge in [0.05, 0.1) is 0 Å². The third kappa shape index (κ3) is 4.43. The molecular formula is C7H20N2. The summed E-state index contributed by atoms with van der Waals surface area (Å²) in [5.41, 5.74) is 0. The largest absolute Gasteiger partial charge is 0.316 e. The normalized spacial score (nSPS) is 14.3. The molecule has 0 amide bonds. The van der Waals surface area contributed by atoms with Gasteiger partial charge in [0.15, 0.2) is 0 Å². The fraction of sp³-hybridized carbons (Fsp3) is 1.00. The Hall–Kier alpha value is -0.0800. The van der Waals surface area contributed by atoms with Gasteiger partial charge in [-0.05, 0) is 27.6 Å². The molecule has 2 nitrogen and oxygen atoms in total. The van der Waals surface area contributed by atoms with Crippen LogP contribution in [0.3, 0.4) is 0 Å². The molecule has 0 aromatic heterocycles. The summed E-state index contributed by atoms with van der Waals surface area (Å²) in [6, 6.07) is 0.653. The average Bonchev–Trinajstić information content (AvgIpc) is 1.82. The average molecular weight is 132 g/mol. The monoisotopic (exact) mass is 132 g/mol. The summed E-state index contributed by atoms with van der Waals surface area (Å²) in [6.07, 6.45) is 1.20. The number of hydrogen-bond donors (Lipinski definition) is 1. The molecule has 0 aromatic rings. The number of hydrogen-bond acceptors (Lipinski definition) is 2. The predicted molar refractivity (Wildman–Crippen MR) is 43.8 cm³/mol. The Labute approximate surface area is 59.7 Å². The summed E-state index contributed by atoms with van der Waals surface area (Å²) in [4.78, 5) is 2.20. The molecule has 0 bridgehead atoms. The van der Waals surface area contributed by atoms with Gasteiger partial charge in [0.25, 0.3) is 0 Å². The summed E-state index contributed by atoms with van der Waals surface area (Å²) < 4.78 is 0. The van der Waals surface area contributed by atoms with Crippen LogP contribution in [0.1, 0.15) is 14.8 Å². The Balaban J connectivity index is 0. The van der Waals surface area contributed by atoms with E-state index >= 15 is 0 Å². The lowest BCUT2D eigenvalue weighted by Gasteiger charge is -2.18. The summed E-state index contributed by atoms with van der Waals surface area (Å²) in [7, 11) is 6.21. The van der Waals surface area contributed by atoms with Crippen molar-refractivity contribution in [3.05, 3.63) is 0 Å². The third-order valence-corrected chi connectivity index (χ3v) is 1.49. The van der Waals surface area contributed by atoms with Gasteiger partial charge in [-0.3, -0.25) is 0 Å². The van der Waals surface area contributed by atoms with Crippen LogP contribution in [0.2, 0.25) is 0 Å². The number of nitrogens with one attached hydrogen (secondary N) is 1. The van der Waals surface area contributed by atoms with Gasteiger partial charge in [-0.1, -0.05) is 6.92 Å². The Morgan fingerprint density at radius 2 is 2.11 bits per heavy atom. The summed E-state index contributed by atoms with van der Waals surface area (Å²) >= 11 is 0. The Kier molecular flexibility index (Phi) is 4.72. The van der Waals surface area contributed by atoms with Crippen molar-refractivity contribution in [2.75, 3.05) is 27.7 Å². The molecule has 0 fully saturated rings. The molecule has 0 heterocycles. The highest BCUT2D eigenvalue weighted by molar-refractivity contribution is 4.63. The highest BCUT2D eigenvalue weighted by Crippen LogP contribution is 1.89. The maximum Gasteiger partial charge on any atom is 0.0189 e. The van der Waals surface area contributed by atoms with Crippen molar-refractivity contribution >= 4 is 0 Å². The van der Waals surface area contributed by atoms with Crippen LogP contribution in [-0.4, -0.2) is 38.6 Å². The van der Waals surface area contributed by atoms with E-state index in [1.165, 1.54) is 6.42 Å². The summed E-state index contributed by atoms with van der Waals surface area (Å²) in [5.74, 6) is 0. The zero-order valence-electron chi connectivity index (χ0n) is 6.94. The zero-order valence-corrected chi connectivity index (χ0v) is 6.94. The van der Waals surface area contributed by atoms with Crippen LogP contribution >= 0.6 is 0 Å². The highest BCUT2D eigenvalue weighted by Gasteiger charge is 2.01. The lowest BCUT2D eigenvalue weighted by molar-refractivity contribution is 0.343. The predicted octanol–water partition coefficient (Wildman–Crippen LogP) is 0.792. The molecule has 0 aromatic carbocycles. The van der Waals surface area contributed by atoms with Gasteiger partial charge in [-0.2, -0.15) is 0 Å². The zero-order chi connectivity index (χ0) is 7.28.